The second-order valence-corrected chi connectivity index (χ2v) is 12.2. The summed E-state index contributed by atoms with van der Waals surface area (Å²) in [5.41, 5.74) is 2.78. The van der Waals surface area contributed by atoms with E-state index in [9.17, 15) is 17.2 Å². The Morgan fingerprint density at radius 3 is 2.29 bits per heavy atom. The lowest BCUT2D eigenvalue weighted by molar-refractivity contribution is 0.243. The van der Waals surface area contributed by atoms with E-state index < -0.39 is 27.1 Å². The molecular weight excluding hydrogens is 510 g/mol. The van der Waals surface area contributed by atoms with Crippen molar-refractivity contribution in [3.8, 4) is 22.6 Å². The van der Waals surface area contributed by atoms with E-state index in [1.165, 1.54) is 24.3 Å². The molecule has 4 aromatic rings. The Morgan fingerprint density at radius 2 is 1.61 bits per heavy atom. The van der Waals surface area contributed by atoms with E-state index in [4.69, 9.17) is 4.98 Å². The van der Waals surface area contributed by atoms with Gasteiger partial charge in [0.05, 0.1) is 40.0 Å². The molecule has 0 saturated heterocycles. The molecule has 38 heavy (non-hydrogen) atoms. The number of aromatic nitrogens is 5. The van der Waals surface area contributed by atoms with Crippen LogP contribution in [0.5, 0.6) is 0 Å². The molecule has 0 unspecified atom stereocenters. The van der Waals surface area contributed by atoms with Crippen molar-refractivity contribution in [2.75, 3.05) is 11.0 Å². The molecule has 8 nitrogen and oxygen atoms in total. The molecule has 1 aromatic carbocycles. The van der Waals surface area contributed by atoms with E-state index in [2.05, 4.69) is 39.0 Å². The van der Waals surface area contributed by atoms with E-state index in [1.807, 2.05) is 18.2 Å². The number of pyridine rings is 1. The lowest BCUT2D eigenvalue weighted by Gasteiger charge is -2.37. The zero-order chi connectivity index (χ0) is 26.9. The van der Waals surface area contributed by atoms with Crippen LogP contribution in [-0.2, 0) is 15.4 Å². The summed E-state index contributed by atoms with van der Waals surface area (Å²) in [5, 5.41) is 17.0. The van der Waals surface area contributed by atoms with Gasteiger partial charge in [0.15, 0.2) is 5.82 Å². The Morgan fingerprint density at radius 1 is 0.895 bits per heavy atom. The Balaban J connectivity index is 1.43. The van der Waals surface area contributed by atoms with Crippen LogP contribution in [0.25, 0.3) is 22.6 Å². The van der Waals surface area contributed by atoms with E-state index in [-0.39, 0.29) is 28.4 Å². The van der Waals surface area contributed by atoms with Gasteiger partial charge >= 0.3 is 0 Å². The van der Waals surface area contributed by atoms with Crippen molar-refractivity contribution in [2.24, 2.45) is 5.41 Å². The number of nitrogens with zero attached hydrogens (tertiary/aromatic N) is 5. The predicted molar refractivity (Wildman–Crippen MR) is 138 cm³/mol. The SMILES string of the molecule is CC1(C)[C@H]2CC[C@@]1(c1cccc(-c3ccc(NS(C)(=O)=O)nn3)n1)c1nnc(-c3c(F)cccc3F)cc12. The van der Waals surface area contributed by atoms with Gasteiger partial charge in [-0.25, -0.2) is 17.2 Å². The standard InChI is InChI=1S/C27H24F2N6O2S/c1-26(2)16-12-13-27(26,25-15(16)14-21(32-34-25)24-17(28)6-4-7-18(24)29)22-9-5-8-19(30-22)20-10-11-23(33-31-20)35-38(3,36)37/h4-11,14,16H,12-13H2,1-3H3,(H,33,35)/t16-,27+/m0/s1. The van der Waals surface area contributed by atoms with Gasteiger partial charge in [0.25, 0.3) is 0 Å². The molecule has 1 saturated carbocycles. The summed E-state index contributed by atoms with van der Waals surface area (Å²) in [7, 11) is -3.47. The predicted octanol–water partition coefficient (Wildman–Crippen LogP) is 4.85. The first-order valence-electron chi connectivity index (χ1n) is 12.1. The van der Waals surface area contributed by atoms with Crippen molar-refractivity contribution in [2.45, 2.75) is 38.0 Å². The van der Waals surface area contributed by atoms with E-state index in [1.54, 1.807) is 12.1 Å². The van der Waals surface area contributed by atoms with Crippen molar-refractivity contribution in [3.63, 3.8) is 0 Å². The van der Waals surface area contributed by atoms with E-state index in [0.29, 0.717) is 11.4 Å². The van der Waals surface area contributed by atoms with Crippen LogP contribution in [0.4, 0.5) is 14.6 Å². The molecular formula is C27H24F2N6O2S. The van der Waals surface area contributed by atoms with Gasteiger partial charge in [0, 0.05) is 0 Å². The second kappa shape index (κ2) is 8.32. The minimum atomic E-state index is -3.47. The minimum absolute atomic E-state index is 0.118. The molecule has 6 rings (SSSR count). The molecule has 11 heteroatoms. The number of rotatable bonds is 5. The summed E-state index contributed by atoms with van der Waals surface area (Å²) >= 11 is 0. The molecule has 0 amide bonds. The van der Waals surface area contributed by atoms with Crippen LogP contribution in [0.15, 0.2) is 54.6 Å². The van der Waals surface area contributed by atoms with E-state index in [0.717, 1.165) is 36.0 Å². The fraction of sp³-hybridized carbons (Fsp3) is 0.296. The Kier molecular flexibility index (Phi) is 5.36. The topological polar surface area (TPSA) is 111 Å². The number of benzene rings is 1. The van der Waals surface area contributed by atoms with Gasteiger partial charge in [-0.15, -0.1) is 15.3 Å². The van der Waals surface area contributed by atoms with Crippen molar-refractivity contribution in [1.29, 1.82) is 0 Å². The highest BCUT2D eigenvalue weighted by Crippen LogP contribution is 2.69. The monoisotopic (exact) mass is 534 g/mol. The number of nitrogens with one attached hydrogen (secondary N) is 1. The molecule has 0 radical (unpaired) electrons. The third kappa shape index (κ3) is 3.59. The first kappa shape index (κ1) is 24.5. The van der Waals surface area contributed by atoms with E-state index >= 15 is 0 Å². The summed E-state index contributed by atoms with van der Waals surface area (Å²) in [5.74, 6) is -1.12. The lowest BCUT2D eigenvalue weighted by Crippen LogP contribution is -2.37. The highest BCUT2D eigenvalue weighted by atomic mass is 32.2. The third-order valence-electron chi connectivity index (χ3n) is 8.00. The van der Waals surface area contributed by atoms with Crippen LogP contribution >= 0.6 is 0 Å². The average molecular weight is 535 g/mol. The molecule has 2 aliphatic rings. The summed E-state index contributed by atoms with van der Waals surface area (Å²) in [6.45, 7) is 4.35. The van der Waals surface area contributed by atoms with Crippen LogP contribution < -0.4 is 4.72 Å². The zero-order valence-corrected chi connectivity index (χ0v) is 21.7. The molecule has 194 valence electrons. The molecule has 0 aliphatic heterocycles. The second-order valence-electron chi connectivity index (χ2n) is 10.4. The molecule has 2 bridgehead atoms. The first-order valence-corrected chi connectivity index (χ1v) is 14.0. The highest BCUT2D eigenvalue weighted by molar-refractivity contribution is 7.92. The maximum absolute atomic E-state index is 14.5. The smallest absolute Gasteiger partial charge is 0.231 e. The summed E-state index contributed by atoms with van der Waals surface area (Å²) in [4.78, 5) is 4.97. The Hall–Kier alpha value is -3.86. The van der Waals surface area contributed by atoms with Crippen LogP contribution in [0.3, 0.4) is 0 Å². The van der Waals surface area contributed by atoms with Gasteiger partial charge < -0.3 is 0 Å². The largest absolute Gasteiger partial charge is 0.266 e. The van der Waals surface area contributed by atoms with Crippen molar-refractivity contribution in [3.05, 3.63) is 83.2 Å². The van der Waals surface area contributed by atoms with Crippen molar-refractivity contribution in [1.82, 2.24) is 25.4 Å². The number of hydrogen-bond acceptors (Lipinski definition) is 7. The Bertz CT molecular complexity index is 1670. The summed E-state index contributed by atoms with van der Waals surface area (Å²) in [6.07, 6.45) is 2.73. The number of halogens is 2. The minimum Gasteiger partial charge on any atom is -0.266 e. The summed E-state index contributed by atoms with van der Waals surface area (Å²) < 4.78 is 54.3. The molecule has 3 aromatic heterocycles. The van der Waals surface area contributed by atoms with Crippen molar-refractivity contribution < 1.29 is 17.2 Å². The molecule has 3 heterocycles. The number of anilines is 1. The zero-order valence-electron chi connectivity index (χ0n) is 20.9. The molecule has 2 aliphatic carbocycles. The van der Waals surface area contributed by atoms with Crippen LogP contribution in [0.2, 0.25) is 0 Å². The summed E-state index contributed by atoms with van der Waals surface area (Å²) in [6, 6.07) is 14.4. The average Bonchev–Trinajstić information content (AvgIpc) is 3.24. The maximum atomic E-state index is 14.5. The van der Waals surface area contributed by atoms with Gasteiger partial charge in [-0.2, -0.15) is 5.10 Å². The molecule has 1 fully saturated rings. The fourth-order valence-corrected chi connectivity index (χ4v) is 6.77. The van der Waals surface area contributed by atoms with Gasteiger partial charge in [-0.05, 0) is 72.2 Å². The fourth-order valence-electron chi connectivity index (χ4n) is 6.29. The first-order chi connectivity index (χ1) is 18.0. The Labute approximate surface area is 218 Å². The maximum Gasteiger partial charge on any atom is 0.231 e. The van der Waals surface area contributed by atoms with Gasteiger partial charge in [0.2, 0.25) is 10.0 Å². The third-order valence-corrected chi connectivity index (χ3v) is 8.58. The molecule has 0 spiro atoms. The van der Waals surface area contributed by atoms with Crippen LogP contribution in [-0.4, -0.2) is 40.1 Å². The quantitative estimate of drug-likeness (QED) is 0.390. The van der Waals surface area contributed by atoms with Gasteiger partial charge in [0.1, 0.15) is 17.3 Å². The van der Waals surface area contributed by atoms with Gasteiger partial charge in [-0.3, -0.25) is 9.71 Å². The lowest BCUT2D eigenvalue weighted by atomic mass is 9.66. The highest BCUT2D eigenvalue weighted by Gasteiger charge is 2.65. The van der Waals surface area contributed by atoms with Crippen LogP contribution in [0, 0.1) is 17.0 Å². The molecule has 2 atom stereocenters. The number of fused-ring (bicyclic) bond motifs is 5. The van der Waals surface area contributed by atoms with Gasteiger partial charge in [-0.1, -0.05) is 26.0 Å². The van der Waals surface area contributed by atoms with Crippen molar-refractivity contribution >= 4 is 15.8 Å². The molecule has 1 N–H and O–H groups in total. The number of sulfonamides is 1. The van der Waals surface area contributed by atoms with Crippen LogP contribution in [0.1, 0.15) is 49.6 Å². The number of hydrogen-bond donors (Lipinski definition) is 1. The normalized spacial score (nSPS) is 21.3.